The number of aromatic nitrogens is 2. The zero-order valence-electron chi connectivity index (χ0n) is 12.6. The van der Waals surface area contributed by atoms with Crippen molar-refractivity contribution < 1.29 is 4.74 Å². The fourth-order valence-corrected chi connectivity index (χ4v) is 2.36. The molecule has 0 saturated heterocycles. The molecule has 0 unspecified atom stereocenters. The minimum atomic E-state index is 0.419. The van der Waals surface area contributed by atoms with Crippen LogP contribution in [0.4, 0.5) is 0 Å². The minimum absolute atomic E-state index is 0.419. The summed E-state index contributed by atoms with van der Waals surface area (Å²) < 4.78 is 7.44. The Kier molecular flexibility index (Phi) is 4.89. The first-order valence-electron chi connectivity index (χ1n) is 6.86. The van der Waals surface area contributed by atoms with E-state index in [-0.39, 0.29) is 0 Å². The van der Waals surface area contributed by atoms with Crippen LogP contribution in [0, 0.1) is 0 Å². The van der Waals surface area contributed by atoms with Crippen molar-refractivity contribution in [3.05, 3.63) is 24.0 Å². The minimum Gasteiger partial charge on any atom is -0.497 e. The number of likely N-dealkylation sites (N-methyl/N-ethyl adjacent to an activating group) is 1. The SMILES string of the molecule is COc1ccc2c(c1)nc(CCl)n2CCN(C)C(C)C. The Hall–Kier alpha value is -1.26. The number of rotatable bonds is 6. The molecule has 0 aliphatic heterocycles. The second-order valence-corrected chi connectivity index (χ2v) is 5.51. The molecule has 5 heteroatoms. The van der Waals surface area contributed by atoms with E-state index in [1.54, 1.807) is 7.11 Å². The van der Waals surface area contributed by atoms with E-state index in [9.17, 15) is 0 Å². The summed E-state index contributed by atoms with van der Waals surface area (Å²) in [6, 6.07) is 6.50. The van der Waals surface area contributed by atoms with E-state index in [2.05, 4.69) is 35.3 Å². The van der Waals surface area contributed by atoms with Gasteiger partial charge in [0.25, 0.3) is 0 Å². The number of methoxy groups -OCH3 is 1. The second-order valence-electron chi connectivity index (χ2n) is 5.24. The summed E-state index contributed by atoms with van der Waals surface area (Å²) in [5.41, 5.74) is 2.05. The fourth-order valence-electron chi connectivity index (χ4n) is 2.15. The van der Waals surface area contributed by atoms with E-state index in [1.165, 1.54) is 0 Å². The topological polar surface area (TPSA) is 30.3 Å². The van der Waals surface area contributed by atoms with Gasteiger partial charge in [-0.3, -0.25) is 0 Å². The molecule has 0 bridgehead atoms. The van der Waals surface area contributed by atoms with Gasteiger partial charge < -0.3 is 14.2 Å². The molecule has 4 nitrogen and oxygen atoms in total. The van der Waals surface area contributed by atoms with Crippen molar-refractivity contribution in [2.75, 3.05) is 20.7 Å². The molecule has 0 aliphatic rings. The molecular weight excluding hydrogens is 274 g/mol. The van der Waals surface area contributed by atoms with Gasteiger partial charge >= 0.3 is 0 Å². The Morgan fingerprint density at radius 3 is 2.75 bits per heavy atom. The third-order valence-electron chi connectivity index (χ3n) is 3.71. The number of fused-ring (bicyclic) bond motifs is 1. The van der Waals surface area contributed by atoms with Gasteiger partial charge in [0.15, 0.2) is 0 Å². The standard InChI is InChI=1S/C15H22ClN3O/c1-11(2)18(3)7-8-19-14-6-5-12(20-4)9-13(14)17-15(19)10-16/h5-6,9,11H,7-8,10H2,1-4H3. The first-order chi connectivity index (χ1) is 9.56. The van der Waals surface area contributed by atoms with Gasteiger partial charge in [-0.15, -0.1) is 11.6 Å². The fraction of sp³-hybridized carbons (Fsp3) is 0.533. The summed E-state index contributed by atoms with van der Waals surface area (Å²) in [6.07, 6.45) is 0. The maximum atomic E-state index is 6.03. The molecule has 20 heavy (non-hydrogen) atoms. The van der Waals surface area contributed by atoms with Crippen LogP contribution in [-0.4, -0.2) is 41.2 Å². The maximum Gasteiger partial charge on any atom is 0.124 e. The number of nitrogens with zero attached hydrogens (tertiary/aromatic N) is 3. The van der Waals surface area contributed by atoms with Gasteiger partial charge in [0.1, 0.15) is 11.6 Å². The van der Waals surface area contributed by atoms with Crippen molar-refractivity contribution >= 4 is 22.6 Å². The van der Waals surface area contributed by atoms with Crippen LogP contribution in [0.3, 0.4) is 0 Å². The van der Waals surface area contributed by atoms with Crippen LogP contribution in [-0.2, 0) is 12.4 Å². The monoisotopic (exact) mass is 295 g/mol. The molecule has 0 atom stereocenters. The number of alkyl halides is 1. The van der Waals surface area contributed by atoms with Gasteiger partial charge in [-0.1, -0.05) is 0 Å². The number of benzene rings is 1. The highest BCUT2D eigenvalue weighted by molar-refractivity contribution is 6.16. The Bertz CT molecular complexity index is 580. The van der Waals surface area contributed by atoms with Crippen LogP contribution in [0.15, 0.2) is 18.2 Å². The summed E-state index contributed by atoms with van der Waals surface area (Å²) in [6.45, 7) is 6.25. The lowest BCUT2D eigenvalue weighted by Crippen LogP contribution is -2.30. The molecule has 0 fully saturated rings. The summed E-state index contributed by atoms with van der Waals surface area (Å²) in [7, 11) is 3.80. The van der Waals surface area contributed by atoms with Crippen LogP contribution in [0.2, 0.25) is 0 Å². The molecule has 0 N–H and O–H groups in total. The van der Waals surface area contributed by atoms with Crippen LogP contribution < -0.4 is 4.74 Å². The highest BCUT2D eigenvalue weighted by atomic mass is 35.5. The molecule has 2 rings (SSSR count). The summed E-state index contributed by atoms with van der Waals surface area (Å²) in [4.78, 5) is 6.91. The van der Waals surface area contributed by atoms with E-state index in [0.717, 1.165) is 35.7 Å². The quantitative estimate of drug-likeness (QED) is 0.767. The lowest BCUT2D eigenvalue weighted by molar-refractivity contribution is 0.263. The second kappa shape index (κ2) is 6.46. The summed E-state index contributed by atoms with van der Waals surface area (Å²) in [5.74, 6) is 2.15. The van der Waals surface area contributed by atoms with E-state index >= 15 is 0 Å². The number of halogens is 1. The van der Waals surface area contributed by atoms with Gasteiger partial charge in [-0.25, -0.2) is 4.98 Å². The first kappa shape index (κ1) is 15.1. The van der Waals surface area contributed by atoms with Crippen molar-refractivity contribution in [1.29, 1.82) is 0 Å². The smallest absolute Gasteiger partial charge is 0.124 e. The molecular formula is C15H22ClN3O. The molecule has 0 spiro atoms. The molecule has 2 aromatic rings. The molecule has 0 saturated carbocycles. The average molecular weight is 296 g/mol. The zero-order chi connectivity index (χ0) is 14.7. The predicted octanol–water partition coefficient (Wildman–Crippen LogP) is 3.12. The van der Waals surface area contributed by atoms with E-state index < -0.39 is 0 Å². The highest BCUT2D eigenvalue weighted by Gasteiger charge is 2.12. The predicted molar refractivity (Wildman–Crippen MR) is 83.6 cm³/mol. The van der Waals surface area contributed by atoms with Gasteiger partial charge in [-0.05, 0) is 33.0 Å². The van der Waals surface area contributed by atoms with Crippen molar-refractivity contribution in [2.24, 2.45) is 0 Å². The Morgan fingerprint density at radius 1 is 1.40 bits per heavy atom. The van der Waals surface area contributed by atoms with Crippen molar-refractivity contribution in [3.63, 3.8) is 0 Å². The van der Waals surface area contributed by atoms with Crippen LogP contribution in [0.5, 0.6) is 5.75 Å². The summed E-state index contributed by atoms with van der Waals surface area (Å²) in [5, 5.41) is 0. The van der Waals surface area contributed by atoms with E-state index in [4.69, 9.17) is 16.3 Å². The molecule has 0 aliphatic carbocycles. The van der Waals surface area contributed by atoms with Crippen molar-refractivity contribution in [2.45, 2.75) is 32.3 Å². The largest absolute Gasteiger partial charge is 0.497 e. The molecule has 1 aromatic carbocycles. The average Bonchev–Trinajstić information content (AvgIpc) is 2.81. The third-order valence-corrected chi connectivity index (χ3v) is 3.95. The molecule has 0 amide bonds. The lowest BCUT2D eigenvalue weighted by atomic mass is 10.3. The van der Waals surface area contributed by atoms with E-state index in [1.807, 2.05) is 18.2 Å². The molecule has 110 valence electrons. The number of ether oxygens (including phenoxy) is 1. The van der Waals surface area contributed by atoms with Gasteiger partial charge in [0.05, 0.1) is 24.0 Å². The van der Waals surface area contributed by atoms with Crippen LogP contribution >= 0.6 is 11.6 Å². The molecule has 0 radical (unpaired) electrons. The van der Waals surface area contributed by atoms with E-state index in [0.29, 0.717) is 11.9 Å². The maximum absolute atomic E-state index is 6.03. The van der Waals surface area contributed by atoms with Crippen molar-refractivity contribution in [1.82, 2.24) is 14.5 Å². The zero-order valence-corrected chi connectivity index (χ0v) is 13.3. The van der Waals surface area contributed by atoms with Gasteiger partial charge in [-0.2, -0.15) is 0 Å². The molecule has 1 heterocycles. The van der Waals surface area contributed by atoms with Crippen molar-refractivity contribution in [3.8, 4) is 5.75 Å². The Balaban J connectivity index is 2.31. The number of hydrogen-bond acceptors (Lipinski definition) is 3. The first-order valence-corrected chi connectivity index (χ1v) is 7.39. The number of imidazole rings is 1. The van der Waals surface area contributed by atoms with Crippen LogP contribution in [0.25, 0.3) is 11.0 Å². The summed E-state index contributed by atoms with van der Waals surface area (Å²) >= 11 is 6.03. The Morgan fingerprint density at radius 2 is 2.15 bits per heavy atom. The third kappa shape index (κ3) is 3.07. The molecule has 1 aromatic heterocycles. The highest BCUT2D eigenvalue weighted by Crippen LogP contribution is 2.22. The Labute approximate surface area is 125 Å². The normalized spacial score (nSPS) is 11.8. The number of hydrogen-bond donors (Lipinski definition) is 0. The van der Waals surface area contributed by atoms with Gasteiger partial charge in [0.2, 0.25) is 0 Å². The van der Waals surface area contributed by atoms with Crippen LogP contribution in [0.1, 0.15) is 19.7 Å². The lowest BCUT2D eigenvalue weighted by Gasteiger charge is -2.21. The van der Waals surface area contributed by atoms with Gasteiger partial charge in [0, 0.05) is 25.2 Å².